The molecule has 16 heavy (non-hydrogen) atoms. The van der Waals surface area contributed by atoms with Crippen LogP contribution in [0.3, 0.4) is 0 Å². The van der Waals surface area contributed by atoms with E-state index >= 15 is 0 Å². The number of hydrogen-bond acceptors (Lipinski definition) is 2. The van der Waals surface area contributed by atoms with Gasteiger partial charge < -0.3 is 5.11 Å². The Balaban J connectivity index is 2.79. The van der Waals surface area contributed by atoms with Crippen LogP contribution in [0.25, 0.3) is 10.9 Å². The third-order valence-corrected chi connectivity index (χ3v) is 2.30. The maximum absolute atomic E-state index is 12.5. The zero-order valence-corrected chi connectivity index (χ0v) is 8.34. The molecule has 1 N–H and O–H groups in total. The number of fused-ring (bicyclic) bond motifs is 1. The molecule has 2 aromatic rings. The molecule has 0 radical (unpaired) electrons. The van der Waals surface area contributed by atoms with Crippen LogP contribution in [0.1, 0.15) is 11.3 Å². The third kappa shape index (κ3) is 1.68. The van der Waals surface area contributed by atoms with E-state index in [-0.39, 0.29) is 11.3 Å². The highest BCUT2D eigenvalue weighted by molar-refractivity contribution is 5.88. The van der Waals surface area contributed by atoms with Gasteiger partial charge in [0.25, 0.3) is 0 Å². The van der Waals surface area contributed by atoms with Gasteiger partial charge in [-0.2, -0.15) is 13.2 Å². The molecule has 0 aliphatic carbocycles. The SMILES string of the molecule is Cc1cc(C(F)(F)F)nc2cccc(O)c12. The zero-order valence-electron chi connectivity index (χ0n) is 8.34. The summed E-state index contributed by atoms with van der Waals surface area (Å²) in [5, 5.41) is 9.88. The number of hydrogen-bond donors (Lipinski definition) is 1. The molecule has 1 aromatic heterocycles. The van der Waals surface area contributed by atoms with E-state index in [0.29, 0.717) is 10.9 Å². The summed E-state index contributed by atoms with van der Waals surface area (Å²) in [5.74, 6) is -0.0591. The van der Waals surface area contributed by atoms with Crippen LogP contribution in [0, 0.1) is 6.92 Å². The van der Waals surface area contributed by atoms with Gasteiger partial charge in [-0.1, -0.05) is 6.07 Å². The number of phenolic OH excluding ortho intramolecular Hbond substituents is 1. The van der Waals surface area contributed by atoms with Gasteiger partial charge in [-0.05, 0) is 30.7 Å². The third-order valence-electron chi connectivity index (χ3n) is 2.30. The molecule has 1 aromatic carbocycles. The molecule has 0 bridgehead atoms. The number of benzene rings is 1. The smallest absolute Gasteiger partial charge is 0.433 e. The second-order valence-corrected chi connectivity index (χ2v) is 3.49. The first-order chi connectivity index (χ1) is 7.39. The van der Waals surface area contributed by atoms with Gasteiger partial charge in [0, 0.05) is 5.39 Å². The van der Waals surface area contributed by atoms with Gasteiger partial charge in [-0.15, -0.1) is 0 Å². The minimum absolute atomic E-state index is 0.0591. The number of alkyl halides is 3. The van der Waals surface area contributed by atoms with E-state index in [4.69, 9.17) is 0 Å². The van der Waals surface area contributed by atoms with Crippen molar-refractivity contribution in [3.63, 3.8) is 0 Å². The molecular formula is C11H8F3NO. The van der Waals surface area contributed by atoms with Gasteiger partial charge in [-0.3, -0.25) is 0 Å². The lowest BCUT2D eigenvalue weighted by Gasteiger charge is -2.09. The van der Waals surface area contributed by atoms with Gasteiger partial charge in [-0.25, -0.2) is 4.98 Å². The number of aromatic hydroxyl groups is 1. The summed E-state index contributed by atoms with van der Waals surface area (Å²) < 4.78 is 37.4. The summed E-state index contributed by atoms with van der Waals surface area (Å²) in [6, 6.07) is 5.26. The summed E-state index contributed by atoms with van der Waals surface area (Å²) >= 11 is 0. The summed E-state index contributed by atoms with van der Waals surface area (Å²) in [4.78, 5) is 3.48. The van der Waals surface area contributed by atoms with Crippen molar-refractivity contribution in [1.29, 1.82) is 0 Å². The Morgan fingerprint density at radius 3 is 2.56 bits per heavy atom. The van der Waals surface area contributed by atoms with Crippen LogP contribution < -0.4 is 0 Å². The van der Waals surface area contributed by atoms with E-state index in [2.05, 4.69) is 4.98 Å². The topological polar surface area (TPSA) is 33.1 Å². The van der Waals surface area contributed by atoms with Crippen molar-refractivity contribution in [1.82, 2.24) is 4.98 Å². The Bertz CT molecular complexity index is 549. The second-order valence-electron chi connectivity index (χ2n) is 3.49. The van der Waals surface area contributed by atoms with E-state index in [1.807, 2.05) is 0 Å². The minimum atomic E-state index is -4.47. The van der Waals surface area contributed by atoms with Gasteiger partial charge >= 0.3 is 6.18 Å². The molecule has 0 atom stereocenters. The molecular weight excluding hydrogens is 219 g/mol. The first kappa shape index (κ1) is 10.7. The quantitative estimate of drug-likeness (QED) is 0.749. The standard InChI is InChI=1S/C11H8F3NO/c1-6-5-9(11(12,13)14)15-7-3-2-4-8(16)10(6)7/h2-5,16H,1H3. The average molecular weight is 227 g/mol. The van der Waals surface area contributed by atoms with Gasteiger partial charge in [0.15, 0.2) is 0 Å². The Labute approximate surface area is 89.4 Å². The largest absolute Gasteiger partial charge is 0.507 e. The highest BCUT2D eigenvalue weighted by Gasteiger charge is 2.33. The summed E-state index contributed by atoms with van der Waals surface area (Å²) in [5.41, 5.74) is -0.439. The first-order valence-corrected chi connectivity index (χ1v) is 4.56. The monoisotopic (exact) mass is 227 g/mol. The lowest BCUT2D eigenvalue weighted by Crippen LogP contribution is -2.08. The predicted octanol–water partition coefficient (Wildman–Crippen LogP) is 3.27. The van der Waals surface area contributed by atoms with Crippen molar-refractivity contribution < 1.29 is 18.3 Å². The molecule has 0 unspecified atom stereocenters. The average Bonchev–Trinajstić information content (AvgIpc) is 2.15. The summed E-state index contributed by atoms with van der Waals surface area (Å²) in [7, 11) is 0. The fourth-order valence-electron chi connectivity index (χ4n) is 1.61. The molecule has 0 fully saturated rings. The van der Waals surface area contributed by atoms with Gasteiger partial charge in [0.2, 0.25) is 0 Å². The molecule has 84 valence electrons. The Morgan fingerprint density at radius 2 is 1.94 bits per heavy atom. The van der Waals surface area contributed by atoms with E-state index in [1.165, 1.54) is 25.1 Å². The highest BCUT2D eigenvalue weighted by atomic mass is 19.4. The number of halogens is 3. The Hall–Kier alpha value is -1.78. The molecule has 0 spiro atoms. The highest BCUT2D eigenvalue weighted by Crippen LogP contribution is 2.33. The number of rotatable bonds is 0. The van der Waals surface area contributed by atoms with Crippen molar-refractivity contribution in [2.24, 2.45) is 0 Å². The molecule has 1 heterocycles. The van der Waals surface area contributed by atoms with E-state index in [9.17, 15) is 18.3 Å². The Morgan fingerprint density at radius 1 is 1.25 bits per heavy atom. The second kappa shape index (κ2) is 3.37. The van der Waals surface area contributed by atoms with Gasteiger partial charge in [0.1, 0.15) is 11.4 Å². The number of nitrogens with zero attached hydrogens (tertiary/aromatic N) is 1. The van der Waals surface area contributed by atoms with Crippen LogP contribution in [-0.4, -0.2) is 10.1 Å². The van der Waals surface area contributed by atoms with Crippen LogP contribution in [0.15, 0.2) is 24.3 Å². The molecule has 2 nitrogen and oxygen atoms in total. The zero-order chi connectivity index (χ0) is 11.9. The molecule has 0 saturated carbocycles. The van der Waals surface area contributed by atoms with Crippen molar-refractivity contribution in [2.45, 2.75) is 13.1 Å². The van der Waals surface area contributed by atoms with E-state index in [1.54, 1.807) is 0 Å². The molecule has 2 rings (SSSR count). The normalized spacial score (nSPS) is 12.0. The molecule has 0 aliphatic heterocycles. The Kier molecular flexibility index (Phi) is 2.26. The van der Waals surface area contributed by atoms with Crippen molar-refractivity contribution in [2.75, 3.05) is 0 Å². The summed E-state index contributed by atoms with van der Waals surface area (Å²) in [6.45, 7) is 1.51. The molecule has 0 amide bonds. The predicted molar refractivity (Wildman–Crippen MR) is 53.1 cm³/mol. The molecule has 5 heteroatoms. The summed E-state index contributed by atoms with van der Waals surface area (Å²) in [6.07, 6.45) is -4.47. The minimum Gasteiger partial charge on any atom is -0.507 e. The van der Waals surface area contributed by atoms with Crippen LogP contribution in [0.2, 0.25) is 0 Å². The van der Waals surface area contributed by atoms with Gasteiger partial charge in [0.05, 0.1) is 5.52 Å². The maximum Gasteiger partial charge on any atom is 0.433 e. The van der Waals surface area contributed by atoms with E-state index in [0.717, 1.165) is 6.07 Å². The molecule has 0 saturated heterocycles. The van der Waals surface area contributed by atoms with Crippen LogP contribution in [0.5, 0.6) is 5.75 Å². The van der Waals surface area contributed by atoms with Crippen molar-refractivity contribution in [3.8, 4) is 5.75 Å². The number of phenols is 1. The van der Waals surface area contributed by atoms with Crippen LogP contribution in [0.4, 0.5) is 13.2 Å². The van der Waals surface area contributed by atoms with Crippen molar-refractivity contribution >= 4 is 10.9 Å². The fourth-order valence-corrected chi connectivity index (χ4v) is 1.61. The lowest BCUT2D eigenvalue weighted by molar-refractivity contribution is -0.141. The number of aryl methyl sites for hydroxylation is 1. The van der Waals surface area contributed by atoms with Crippen molar-refractivity contribution in [3.05, 3.63) is 35.5 Å². The first-order valence-electron chi connectivity index (χ1n) is 4.56. The number of pyridine rings is 1. The number of aromatic nitrogens is 1. The van der Waals surface area contributed by atoms with Crippen LogP contribution in [-0.2, 0) is 6.18 Å². The maximum atomic E-state index is 12.5. The van der Waals surface area contributed by atoms with E-state index < -0.39 is 11.9 Å². The molecule has 0 aliphatic rings. The fraction of sp³-hybridized carbons (Fsp3) is 0.182. The van der Waals surface area contributed by atoms with Crippen LogP contribution >= 0.6 is 0 Å². The lowest BCUT2D eigenvalue weighted by atomic mass is 10.1.